The molecule has 49 heavy (non-hydrogen) atoms. The molecule has 0 saturated heterocycles. The van der Waals surface area contributed by atoms with Gasteiger partial charge in [-0.3, -0.25) is 0 Å². The summed E-state index contributed by atoms with van der Waals surface area (Å²) in [4.78, 5) is 0. The maximum Gasteiger partial charge on any atom is 0.500 e. The fourth-order valence-electron chi connectivity index (χ4n) is 10.4. The lowest BCUT2D eigenvalue weighted by molar-refractivity contribution is 0.0837. The molecule has 4 rings (SSSR count). The van der Waals surface area contributed by atoms with Gasteiger partial charge in [-0.2, -0.15) is 0 Å². The Morgan fingerprint density at radius 2 is 0.551 bits per heavy atom. The van der Waals surface area contributed by atoms with Crippen LogP contribution in [0, 0.1) is 23.7 Å². The molecule has 4 aliphatic rings. The Hall–Kier alpha value is 0.114. The van der Waals surface area contributed by atoms with Crippen molar-refractivity contribution in [3.8, 4) is 0 Å². The van der Waals surface area contributed by atoms with Crippen molar-refractivity contribution >= 4 is 17.6 Å². The molecule has 4 fully saturated rings. The van der Waals surface area contributed by atoms with E-state index < -0.39 is 17.6 Å². The average Bonchev–Trinajstić information content (AvgIpc) is 3.44. The van der Waals surface area contributed by atoms with E-state index in [4.69, 9.17) is 38.0 Å². The van der Waals surface area contributed by atoms with Gasteiger partial charge < -0.3 is 38.0 Å². The zero-order valence-corrected chi connectivity index (χ0v) is 35.0. The van der Waals surface area contributed by atoms with Crippen LogP contribution < -0.4 is 11.5 Å². The van der Waals surface area contributed by atoms with Crippen molar-refractivity contribution in [2.24, 2.45) is 35.1 Å². The van der Waals surface area contributed by atoms with E-state index in [1.165, 1.54) is 148 Å². The normalized spacial score (nSPS) is 23.5. The molecule has 10 heteroatoms. The second-order valence-electron chi connectivity index (χ2n) is 16.2. The lowest BCUT2D eigenvalue weighted by atomic mass is 9.63. The van der Waals surface area contributed by atoms with Crippen LogP contribution in [0.5, 0.6) is 0 Å². The van der Waals surface area contributed by atoms with Crippen molar-refractivity contribution in [3.63, 3.8) is 0 Å². The first-order valence-electron chi connectivity index (χ1n) is 20.6. The van der Waals surface area contributed by atoms with Gasteiger partial charge in [-0.25, -0.2) is 0 Å². The van der Waals surface area contributed by atoms with Gasteiger partial charge in [0.2, 0.25) is 0 Å². The van der Waals surface area contributed by atoms with Crippen molar-refractivity contribution in [1.29, 1.82) is 0 Å². The molecule has 0 bridgehead atoms. The molecule has 4 saturated carbocycles. The largest absolute Gasteiger partial charge is 0.500 e. The molecule has 290 valence electrons. The summed E-state index contributed by atoms with van der Waals surface area (Å²) in [5.41, 5.74) is 14.4. The van der Waals surface area contributed by atoms with Crippen molar-refractivity contribution in [2.75, 3.05) is 42.7 Å². The van der Waals surface area contributed by atoms with Crippen LogP contribution in [0.25, 0.3) is 0 Å². The van der Waals surface area contributed by atoms with Gasteiger partial charge in [-0.05, 0) is 87.9 Å². The summed E-state index contributed by atoms with van der Waals surface area (Å²) < 4.78 is 34.1. The third-order valence-electron chi connectivity index (χ3n) is 13.8. The molecular weight excluding hydrogens is 649 g/mol. The Bertz CT molecular complexity index is 816. The lowest BCUT2D eigenvalue weighted by Crippen LogP contribution is -2.56. The van der Waals surface area contributed by atoms with Gasteiger partial charge in [0.25, 0.3) is 0 Å². The molecule has 1 atom stereocenters. The molecule has 0 heterocycles. The lowest BCUT2D eigenvalue weighted by Gasteiger charge is -2.47. The van der Waals surface area contributed by atoms with E-state index in [1.807, 2.05) is 0 Å². The van der Waals surface area contributed by atoms with Gasteiger partial charge in [0.15, 0.2) is 0 Å². The number of nitrogens with two attached hydrogens (primary N) is 2. The van der Waals surface area contributed by atoms with E-state index in [2.05, 4.69) is 0 Å². The van der Waals surface area contributed by atoms with Crippen LogP contribution in [-0.2, 0) is 26.6 Å². The highest BCUT2D eigenvalue weighted by Gasteiger charge is 2.48. The minimum atomic E-state index is -2.57. The third-order valence-corrected chi connectivity index (χ3v) is 19.3. The van der Waals surface area contributed by atoms with Crippen molar-refractivity contribution in [3.05, 3.63) is 0 Å². The molecule has 0 aromatic heterocycles. The highest BCUT2D eigenvalue weighted by Crippen LogP contribution is 2.46. The van der Waals surface area contributed by atoms with Gasteiger partial charge in [0, 0.05) is 65.8 Å². The van der Waals surface area contributed by atoms with E-state index in [-0.39, 0.29) is 11.1 Å². The number of hydrogen-bond donors (Lipinski definition) is 2. The molecule has 0 aliphatic heterocycles. The van der Waals surface area contributed by atoms with Crippen LogP contribution in [0.15, 0.2) is 0 Å². The first-order valence-corrected chi connectivity index (χ1v) is 24.5. The first-order chi connectivity index (χ1) is 23.7. The van der Waals surface area contributed by atoms with Crippen LogP contribution in [0.2, 0.25) is 12.1 Å². The summed E-state index contributed by atoms with van der Waals surface area (Å²) in [7, 11) is 5.18. The molecule has 4 aliphatic carbocycles. The Balaban J connectivity index is 0.000000267. The van der Waals surface area contributed by atoms with E-state index >= 15 is 0 Å². The molecule has 8 nitrogen and oxygen atoms in total. The predicted molar refractivity (Wildman–Crippen MR) is 206 cm³/mol. The Morgan fingerprint density at radius 1 is 0.367 bits per heavy atom. The Labute approximate surface area is 304 Å². The van der Waals surface area contributed by atoms with Crippen LogP contribution >= 0.6 is 0 Å². The van der Waals surface area contributed by atoms with Crippen LogP contribution in [0.1, 0.15) is 161 Å². The summed E-state index contributed by atoms with van der Waals surface area (Å²) in [6, 6.07) is 1.67. The molecule has 0 amide bonds. The quantitative estimate of drug-likeness (QED) is 0.120. The molecule has 4 N–H and O–H groups in total. The fraction of sp³-hybridized carbons (Fsp3) is 1.00. The standard InChI is InChI=1S/C21H43NO3Si.C18H37NO3Si/c1-23-26(24-2,25-3)18-17-21(22,20-15-11-7-8-12-16-20)19-13-9-5-4-6-10-14-19;1-20-23(21-2,22-3)15-14-18(19,16-10-6-4-7-11-16)17-12-8-5-9-13-17/h19-20H,4-18,22H2,1-3H3;16-17H,4-15,19H2,1-3H3. The van der Waals surface area contributed by atoms with E-state index in [1.54, 1.807) is 42.7 Å². The van der Waals surface area contributed by atoms with Gasteiger partial charge in [0.05, 0.1) is 0 Å². The molecule has 0 radical (unpaired) electrons. The van der Waals surface area contributed by atoms with E-state index in [9.17, 15) is 0 Å². The summed E-state index contributed by atoms with van der Waals surface area (Å²) in [5.74, 6) is 2.61. The van der Waals surface area contributed by atoms with E-state index in [0.717, 1.165) is 24.9 Å². The maximum absolute atomic E-state index is 7.36. The molecule has 0 aromatic carbocycles. The average molecular weight is 729 g/mol. The predicted octanol–water partition coefficient (Wildman–Crippen LogP) is 9.40. The van der Waals surface area contributed by atoms with Crippen LogP contribution in [0.4, 0.5) is 0 Å². The van der Waals surface area contributed by atoms with Gasteiger partial charge in [-0.15, -0.1) is 0 Å². The second kappa shape index (κ2) is 22.4. The second-order valence-corrected chi connectivity index (χ2v) is 22.4. The SMILES string of the molecule is CO[Si](CCC(N)(C1CCCCC1)C1CCCCC1)(OC)OC.CO[Si](CCC(N)(C1CCCCCCC1)C1CCCCCC1)(OC)OC. The summed E-state index contributed by atoms with van der Waals surface area (Å²) in [6.07, 6.45) is 32.8. The fourth-order valence-corrected chi connectivity index (χ4v) is 14.1. The van der Waals surface area contributed by atoms with Crippen LogP contribution in [0.3, 0.4) is 0 Å². The van der Waals surface area contributed by atoms with Gasteiger partial charge >= 0.3 is 17.6 Å². The van der Waals surface area contributed by atoms with E-state index in [0.29, 0.717) is 23.7 Å². The zero-order chi connectivity index (χ0) is 35.6. The third kappa shape index (κ3) is 12.3. The smallest absolute Gasteiger partial charge is 0.377 e. The summed E-state index contributed by atoms with van der Waals surface area (Å²) >= 11 is 0. The molecule has 1 unspecified atom stereocenters. The monoisotopic (exact) mass is 729 g/mol. The summed E-state index contributed by atoms with van der Waals surface area (Å²) in [5, 5.41) is 0. The molecule has 0 spiro atoms. The van der Waals surface area contributed by atoms with Crippen molar-refractivity contribution in [2.45, 2.75) is 184 Å². The topological polar surface area (TPSA) is 107 Å². The Kier molecular flexibility index (Phi) is 19.9. The maximum atomic E-state index is 7.36. The van der Waals surface area contributed by atoms with Gasteiger partial charge in [0.1, 0.15) is 0 Å². The van der Waals surface area contributed by atoms with Crippen molar-refractivity contribution in [1.82, 2.24) is 0 Å². The molecular formula is C39H80N2O6Si2. The van der Waals surface area contributed by atoms with Crippen molar-refractivity contribution < 1.29 is 26.6 Å². The van der Waals surface area contributed by atoms with Gasteiger partial charge in [-0.1, -0.05) is 96.3 Å². The minimum absolute atomic E-state index is 0.0608. The molecule has 0 aromatic rings. The highest BCUT2D eigenvalue weighted by atomic mass is 28.4. The van der Waals surface area contributed by atoms with Crippen LogP contribution in [-0.4, -0.2) is 71.3 Å². The Morgan fingerprint density at radius 3 is 0.755 bits per heavy atom. The first kappa shape index (κ1) is 43.5. The number of rotatable bonds is 16. The minimum Gasteiger partial charge on any atom is -0.377 e. The zero-order valence-electron chi connectivity index (χ0n) is 33.0. The number of hydrogen-bond acceptors (Lipinski definition) is 8. The highest BCUT2D eigenvalue weighted by molar-refractivity contribution is 6.60. The summed E-state index contributed by atoms with van der Waals surface area (Å²) in [6.45, 7) is 0.